The van der Waals surface area contributed by atoms with E-state index < -0.39 is 0 Å². The topological polar surface area (TPSA) is 46.5 Å². The van der Waals surface area contributed by atoms with Crippen LogP contribution in [0.4, 0.5) is 0 Å². The summed E-state index contributed by atoms with van der Waals surface area (Å²) in [6, 6.07) is 3.10. The van der Waals surface area contributed by atoms with Gasteiger partial charge in [-0.3, -0.25) is 4.79 Å². The predicted octanol–water partition coefficient (Wildman–Crippen LogP) is 2.89. The van der Waals surface area contributed by atoms with Crippen molar-refractivity contribution < 1.29 is 14.6 Å². The van der Waals surface area contributed by atoms with Crippen LogP contribution in [0.3, 0.4) is 0 Å². The molecule has 0 aromatic heterocycles. The summed E-state index contributed by atoms with van der Waals surface area (Å²) in [7, 11) is 1.46. The minimum absolute atomic E-state index is 0.00426. The fourth-order valence-electron chi connectivity index (χ4n) is 1.48. The van der Waals surface area contributed by atoms with Crippen molar-refractivity contribution in [2.24, 2.45) is 0 Å². The number of ether oxygens (including phenoxy) is 1. The molecule has 0 fully saturated rings. The molecule has 0 radical (unpaired) electrons. The summed E-state index contributed by atoms with van der Waals surface area (Å²) < 4.78 is 5.00. The summed E-state index contributed by atoms with van der Waals surface area (Å²) in [5, 5.41) is 9.82. The molecule has 1 atom stereocenters. The molecule has 0 spiro atoms. The van der Waals surface area contributed by atoms with Crippen LogP contribution < -0.4 is 4.74 Å². The maximum absolute atomic E-state index is 10.9. The normalized spacial score (nSPS) is 11.9. The van der Waals surface area contributed by atoms with E-state index in [1.807, 2.05) is 13.8 Å². The van der Waals surface area contributed by atoms with Gasteiger partial charge in [0, 0.05) is 17.5 Å². The molecule has 0 saturated heterocycles. The third-order valence-electron chi connectivity index (χ3n) is 2.71. The molecule has 0 bridgehead atoms. The van der Waals surface area contributed by atoms with Crippen molar-refractivity contribution >= 4 is 6.29 Å². The lowest BCUT2D eigenvalue weighted by atomic mass is 9.92. The average Bonchev–Trinajstić information content (AvgIpc) is 2.27. The number of carbonyl (C=O) groups is 1. The molecule has 1 aromatic rings. The van der Waals surface area contributed by atoms with Crippen LogP contribution in [0.1, 0.15) is 35.7 Å². The molecule has 0 saturated carbocycles. The van der Waals surface area contributed by atoms with Gasteiger partial charge in [-0.25, -0.2) is 0 Å². The molecule has 0 aliphatic heterocycles. The quantitative estimate of drug-likeness (QED) is 0.627. The number of allylic oxidation sites excluding steroid dienone is 1. The van der Waals surface area contributed by atoms with Gasteiger partial charge in [0.1, 0.15) is 11.5 Å². The minimum atomic E-state index is 0.00426. The van der Waals surface area contributed by atoms with Crippen LogP contribution in [-0.4, -0.2) is 18.5 Å². The van der Waals surface area contributed by atoms with Gasteiger partial charge in [-0.2, -0.15) is 0 Å². The largest absolute Gasteiger partial charge is 0.508 e. The van der Waals surface area contributed by atoms with E-state index in [0.717, 1.165) is 5.57 Å². The van der Waals surface area contributed by atoms with Crippen LogP contribution >= 0.6 is 0 Å². The van der Waals surface area contributed by atoms with Crippen LogP contribution in [0.25, 0.3) is 0 Å². The van der Waals surface area contributed by atoms with E-state index in [1.165, 1.54) is 13.2 Å². The van der Waals surface area contributed by atoms with Crippen molar-refractivity contribution in [3.63, 3.8) is 0 Å². The Kier molecular flexibility index (Phi) is 3.72. The Balaban J connectivity index is 3.31. The number of methoxy groups -OCH3 is 1. The summed E-state index contributed by atoms with van der Waals surface area (Å²) in [6.07, 6.45) is 0.715. The molecular weight excluding hydrogens is 204 g/mol. The van der Waals surface area contributed by atoms with Crippen molar-refractivity contribution in [3.8, 4) is 11.5 Å². The molecule has 1 aromatic carbocycles. The Morgan fingerprint density at radius 1 is 1.56 bits per heavy atom. The third-order valence-corrected chi connectivity index (χ3v) is 2.71. The molecule has 1 rings (SSSR count). The van der Waals surface area contributed by atoms with Crippen molar-refractivity contribution in [2.75, 3.05) is 7.11 Å². The van der Waals surface area contributed by atoms with Gasteiger partial charge in [-0.15, -0.1) is 0 Å². The van der Waals surface area contributed by atoms with Crippen LogP contribution in [0.5, 0.6) is 11.5 Å². The highest BCUT2D eigenvalue weighted by molar-refractivity contribution is 5.80. The molecule has 0 heterocycles. The minimum Gasteiger partial charge on any atom is -0.508 e. The lowest BCUT2D eigenvalue weighted by Gasteiger charge is -2.15. The molecule has 16 heavy (non-hydrogen) atoms. The number of aldehydes is 1. The second-order valence-electron chi connectivity index (χ2n) is 3.84. The fourth-order valence-corrected chi connectivity index (χ4v) is 1.48. The summed E-state index contributed by atoms with van der Waals surface area (Å²) in [5.41, 5.74) is 2.05. The molecule has 1 unspecified atom stereocenters. The van der Waals surface area contributed by atoms with Crippen molar-refractivity contribution in [2.45, 2.75) is 19.8 Å². The Morgan fingerprint density at radius 2 is 2.19 bits per heavy atom. The van der Waals surface area contributed by atoms with Gasteiger partial charge in [0.05, 0.1) is 12.7 Å². The van der Waals surface area contributed by atoms with E-state index in [1.54, 1.807) is 6.07 Å². The first-order chi connectivity index (χ1) is 7.51. The number of aromatic hydroxyl groups is 1. The maximum atomic E-state index is 10.9. The van der Waals surface area contributed by atoms with Crippen molar-refractivity contribution in [3.05, 3.63) is 35.4 Å². The number of hydrogen-bond donors (Lipinski definition) is 1. The Bertz CT molecular complexity index is 421. The zero-order chi connectivity index (χ0) is 12.3. The van der Waals surface area contributed by atoms with E-state index in [0.29, 0.717) is 23.2 Å². The van der Waals surface area contributed by atoms with E-state index in [9.17, 15) is 9.90 Å². The lowest BCUT2D eigenvalue weighted by Crippen LogP contribution is -1.98. The number of rotatable bonds is 4. The molecule has 3 heteroatoms. The first kappa shape index (κ1) is 12.3. The molecule has 0 aliphatic rings. The summed E-state index contributed by atoms with van der Waals surface area (Å²) >= 11 is 0. The van der Waals surface area contributed by atoms with E-state index >= 15 is 0 Å². The number of benzene rings is 1. The molecule has 0 aliphatic carbocycles. The zero-order valence-corrected chi connectivity index (χ0v) is 9.78. The monoisotopic (exact) mass is 220 g/mol. The van der Waals surface area contributed by atoms with Crippen molar-refractivity contribution in [1.29, 1.82) is 0 Å². The van der Waals surface area contributed by atoms with Gasteiger partial charge in [-0.1, -0.05) is 19.1 Å². The smallest absolute Gasteiger partial charge is 0.153 e. The van der Waals surface area contributed by atoms with E-state index in [-0.39, 0.29) is 11.7 Å². The van der Waals surface area contributed by atoms with Gasteiger partial charge in [0.15, 0.2) is 6.29 Å². The maximum Gasteiger partial charge on any atom is 0.153 e. The Labute approximate surface area is 95.4 Å². The first-order valence-electron chi connectivity index (χ1n) is 5.02. The van der Waals surface area contributed by atoms with Crippen LogP contribution in [0.2, 0.25) is 0 Å². The molecule has 86 valence electrons. The number of phenols is 1. The Hall–Kier alpha value is -1.77. The molecule has 1 N–H and O–H groups in total. The second-order valence-corrected chi connectivity index (χ2v) is 3.84. The average molecular weight is 220 g/mol. The number of phenolic OH excluding ortho intramolecular Hbond substituents is 1. The fraction of sp³-hybridized carbons (Fsp3) is 0.308. The van der Waals surface area contributed by atoms with Gasteiger partial charge in [0.2, 0.25) is 0 Å². The van der Waals surface area contributed by atoms with Crippen LogP contribution in [0, 0.1) is 0 Å². The highest BCUT2D eigenvalue weighted by Crippen LogP contribution is 2.34. The Morgan fingerprint density at radius 3 is 2.62 bits per heavy atom. The highest BCUT2D eigenvalue weighted by Gasteiger charge is 2.15. The molecule has 0 amide bonds. The van der Waals surface area contributed by atoms with Gasteiger partial charge in [-0.05, 0) is 13.0 Å². The standard InChI is InChI=1S/C13H16O3/c1-8(2)9(3)11-5-10(7-14)13(16-4)6-12(11)15/h5-7,9,15H,1H2,2-4H3. The van der Waals surface area contributed by atoms with Crippen LogP contribution in [0.15, 0.2) is 24.3 Å². The number of hydrogen-bond acceptors (Lipinski definition) is 3. The SMILES string of the molecule is C=C(C)C(C)c1cc(C=O)c(OC)cc1O. The molecular formula is C13H16O3. The lowest BCUT2D eigenvalue weighted by molar-refractivity contribution is 0.112. The molecule has 3 nitrogen and oxygen atoms in total. The first-order valence-corrected chi connectivity index (χ1v) is 5.02. The van der Waals surface area contributed by atoms with E-state index in [2.05, 4.69) is 6.58 Å². The van der Waals surface area contributed by atoms with Crippen molar-refractivity contribution in [1.82, 2.24) is 0 Å². The number of carbonyl (C=O) groups excluding carboxylic acids is 1. The highest BCUT2D eigenvalue weighted by atomic mass is 16.5. The van der Waals surface area contributed by atoms with E-state index in [4.69, 9.17) is 4.74 Å². The van der Waals surface area contributed by atoms with Gasteiger partial charge in [0.25, 0.3) is 0 Å². The zero-order valence-electron chi connectivity index (χ0n) is 9.78. The van der Waals surface area contributed by atoms with Gasteiger partial charge < -0.3 is 9.84 Å². The van der Waals surface area contributed by atoms with Crippen LogP contribution in [-0.2, 0) is 0 Å². The summed E-state index contributed by atoms with van der Waals surface area (Å²) in [6.45, 7) is 7.65. The summed E-state index contributed by atoms with van der Waals surface area (Å²) in [4.78, 5) is 10.9. The predicted molar refractivity (Wildman–Crippen MR) is 63.3 cm³/mol. The van der Waals surface area contributed by atoms with Gasteiger partial charge >= 0.3 is 0 Å². The third kappa shape index (κ3) is 2.24. The second kappa shape index (κ2) is 4.84. The summed E-state index contributed by atoms with van der Waals surface area (Å²) in [5.74, 6) is 0.507.